The number of ether oxygens (including phenoxy) is 1. The highest BCUT2D eigenvalue weighted by atomic mass is 16.5. The van der Waals surface area contributed by atoms with Gasteiger partial charge >= 0.3 is 0 Å². The van der Waals surface area contributed by atoms with E-state index in [0.29, 0.717) is 24.8 Å². The lowest BCUT2D eigenvalue weighted by atomic mass is 10.00. The highest BCUT2D eigenvalue weighted by Gasteiger charge is 2.17. The Labute approximate surface area is 120 Å². The van der Waals surface area contributed by atoms with Crippen LogP contribution in [0.4, 0.5) is 5.69 Å². The highest BCUT2D eigenvalue weighted by molar-refractivity contribution is 5.93. The summed E-state index contributed by atoms with van der Waals surface area (Å²) in [7, 11) is 1.61. The predicted molar refractivity (Wildman–Crippen MR) is 79.1 cm³/mol. The number of methoxy groups -OCH3 is 1. The van der Waals surface area contributed by atoms with Crippen LogP contribution in [-0.2, 0) is 4.74 Å². The monoisotopic (exact) mass is 277 g/mol. The van der Waals surface area contributed by atoms with Crippen molar-refractivity contribution in [1.82, 2.24) is 10.3 Å². The molecule has 1 aliphatic heterocycles. The molecular formula is C15H23N3O2. The average Bonchev–Trinajstić information content (AvgIpc) is 2.47. The molecule has 0 aliphatic carbocycles. The summed E-state index contributed by atoms with van der Waals surface area (Å²) in [4.78, 5) is 18.5. The van der Waals surface area contributed by atoms with Crippen LogP contribution in [0.1, 0.15) is 30.3 Å². The molecule has 1 unspecified atom stereocenters. The molecular weight excluding hydrogens is 254 g/mol. The zero-order valence-corrected chi connectivity index (χ0v) is 12.3. The predicted octanol–water partition coefficient (Wildman–Crippen LogP) is 1.69. The van der Waals surface area contributed by atoms with Crippen LogP contribution >= 0.6 is 0 Å². The van der Waals surface area contributed by atoms with Crippen LogP contribution in [0.15, 0.2) is 18.3 Å². The third-order valence-electron chi connectivity index (χ3n) is 3.59. The molecule has 2 rings (SSSR count). The van der Waals surface area contributed by atoms with Gasteiger partial charge in [0.25, 0.3) is 5.91 Å². The van der Waals surface area contributed by atoms with Crippen LogP contribution in [-0.4, -0.2) is 44.2 Å². The molecule has 0 radical (unpaired) electrons. The first-order valence-electron chi connectivity index (χ1n) is 7.19. The molecule has 110 valence electrons. The Morgan fingerprint density at radius 1 is 1.60 bits per heavy atom. The number of carbonyl (C=O) groups excluding carboxylic acids is 1. The van der Waals surface area contributed by atoms with Crippen LogP contribution in [0.5, 0.6) is 0 Å². The van der Waals surface area contributed by atoms with Gasteiger partial charge in [0.05, 0.1) is 6.61 Å². The van der Waals surface area contributed by atoms with Crippen LogP contribution in [0.3, 0.4) is 0 Å². The van der Waals surface area contributed by atoms with Crippen molar-refractivity contribution in [3.05, 3.63) is 24.0 Å². The van der Waals surface area contributed by atoms with Gasteiger partial charge in [-0.2, -0.15) is 0 Å². The summed E-state index contributed by atoms with van der Waals surface area (Å²) in [6.07, 6.45) is 4.20. The van der Waals surface area contributed by atoms with Crippen molar-refractivity contribution in [2.45, 2.75) is 19.8 Å². The number of aromatic nitrogens is 1. The molecule has 0 spiro atoms. The van der Waals surface area contributed by atoms with Gasteiger partial charge in [0.2, 0.25) is 0 Å². The maximum absolute atomic E-state index is 12.0. The third kappa shape index (κ3) is 3.93. The second kappa shape index (κ2) is 7.24. The van der Waals surface area contributed by atoms with E-state index in [9.17, 15) is 4.79 Å². The normalized spacial score (nSPS) is 18.9. The lowest BCUT2D eigenvalue weighted by Crippen LogP contribution is -2.34. The van der Waals surface area contributed by atoms with E-state index >= 15 is 0 Å². The summed E-state index contributed by atoms with van der Waals surface area (Å²) < 4.78 is 4.92. The van der Waals surface area contributed by atoms with Gasteiger partial charge in [-0.3, -0.25) is 9.78 Å². The van der Waals surface area contributed by atoms with Crippen LogP contribution in [0.25, 0.3) is 0 Å². The maximum Gasteiger partial charge on any atom is 0.270 e. The number of rotatable bonds is 5. The molecule has 5 nitrogen and oxygen atoms in total. The minimum absolute atomic E-state index is 0.144. The summed E-state index contributed by atoms with van der Waals surface area (Å²) in [6, 6.07) is 3.85. The number of pyridine rings is 1. The minimum atomic E-state index is -0.144. The Hall–Kier alpha value is -1.62. The van der Waals surface area contributed by atoms with Crippen molar-refractivity contribution in [2.75, 3.05) is 38.3 Å². The van der Waals surface area contributed by atoms with E-state index < -0.39 is 0 Å². The molecule has 2 heterocycles. The Bertz CT molecular complexity index is 450. The maximum atomic E-state index is 12.0. The number of anilines is 1. The van der Waals surface area contributed by atoms with Gasteiger partial charge in [-0.1, -0.05) is 6.92 Å². The van der Waals surface area contributed by atoms with Crippen molar-refractivity contribution in [2.24, 2.45) is 5.92 Å². The first-order valence-corrected chi connectivity index (χ1v) is 7.19. The zero-order chi connectivity index (χ0) is 14.4. The average molecular weight is 277 g/mol. The SMILES string of the molecule is COCCNC(=O)c1cc(N2CCCC(C)C2)ccn1. The van der Waals surface area contributed by atoms with E-state index in [1.54, 1.807) is 13.3 Å². The smallest absolute Gasteiger partial charge is 0.270 e. The summed E-state index contributed by atoms with van der Waals surface area (Å²) in [5.41, 5.74) is 1.56. The standard InChI is InChI=1S/C15H23N3O2/c1-12-4-3-8-18(11-12)13-5-6-16-14(10-13)15(19)17-7-9-20-2/h5-6,10,12H,3-4,7-9,11H2,1-2H3,(H,17,19). The largest absolute Gasteiger partial charge is 0.383 e. The molecule has 1 amide bonds. The Balaban J connectivity index is 2.01. The molecule has 1 aromatic rings. The van der Waals surface area contributed by atoms with Crippen LogP contribution < -0.4 is 10.2 Å². The Morgan fingerprint density at radius 3 is 3.20 bits per heavy atom. The van der Waals surface area contributed by atoms with Crippen LogP contribution in [0.2, 0.25) is 0 Å². The summed E-state index contributed by atoms with van der Waals surface area (Å²) in [5, 5.41) is 2.79. The molecule has 1 aromatic heterocycles. The number of piperidine rings is 1. The highest BCUT2D eigenvalue weighted by Crippen LogP contribution is 2.22. The van der Waals surface area contributed by atoms with Gasteiger partial charge in [0.15, 0.2) is 0 Å². The minimum Gasteiger partial charge on any atom is -0.383 e. The van der Waals surface area contributed by atoms with E-state index in [1.165, 1.54) is 12.8 Å². The van der Waals surface area contributed by atoms with Gasteiger partial charge in [0.1, 0.15) is 5.69 Å². The van der Waals surface area contributed by atoms with Gasteiger partial charge < -0.3 is 15.0 Å². The number of hydrogen-bond acceptors (Lipinski definition) is 4. The van der Waals surface area contributed by atoms with E-state index in [-0.39, 0.29) is 5.91 Å². The molecule has 1 atom stereocenters. The number of hydrogen-bond donors (Lipinski definition) is 1. The molecule has 0 aromatic carbocycles. The second-order valence-electron chi connectivity index (χ2n) is 5.34. The third-order valence-corrected chi connectivity index (χ3v) is 3.59. The molecule has 0 saturated carbocycles. The fraction of sp³-hybridized carbons (Fsp3) is 0.600. The Kier molecular flexibility index (Phi) is 5.35. The van der Waals surface area contributed by atoms with Crippen molar-refractivity contribution in [3.63, 3.8) is 0 Å². The fourth-order valence-electron chi connectivity index (χ4n) is 2.52. The van der Waals surface area contributed by atoms with Crippen molar-refractivity contribution < 1.29 is 9.53 Å². The molecule has 5 heteroatoms. The van der Waals surface area contributed by atoms with E-state index in [1.807, 2.05) is 12.1 Å². The summed E-state index contributed by atoms with van der Waals surface area (Å²) in [6.45, 7) is 5.39. The second-order valence-corrected chi connectivity index (χ2v) is 5.34. The summed E-state index contributed by atoms with van der Waals surface area (Å²) >= 11 is 0. The van der Waals surface area contributed by atoms with E-state index in [2.05, 4.69) is 22.1 Å². The molecule has 1 saturated heterocycles. The number of amides is 1. The van der Waals surface area contributed by atoms with Gasteiger partial charge in [-0.15, -0.1) is 0 Å². The van der Waals surface area contributed by atoms with Gasteiger partial charge in [-0.05, 0) is 30.9 Å². The first-order chi connectivity index (χ1) is 9.70. The molecule has 1 N–H and O–H groups in total. The first kappa shape index (κ1) is 14.8. The summed E-state index contributed by atoms with van der Waals surface area (Å²) in [5.74, 6) is 0.560. The van der Waals surface area contributed by atoms with E-state index in [4.69, 9.17) is 4.74 Å². The zero-order valence-electron chi connectivity index (χ0n) is 12.3. The molecule has 1 aliphatic rings. The van der Waals surface area contributed by atoms with Crippen molar-refractivity contribution in [1.29, 1.82) is 0 Å². The van der Waals surface area contributed by atoms with Gasteiger partial charge in [0, 0.05) is 38.6 Å². The van der Waals surface area contributed by atoms with Crippen molar-refractivity contribution in [3.8, 4) is 0 Å². The van der Waals surface area contributed by atoms with Crippen molar-refractivity contribution >= 4 is 11.6 Å². The molecule has 20 heavy (non-hydrogen) atoms. The van der Waals surface area contributed by atoms with Crippen LogP contribution in [0, 0.1) is 5.92 Å². The number of nitrogens with one attached hydrogen (secondary N) is 1. The Morgan fingerprint density at radius 2 is 2.45 bits per heavy atom. The lowest BCUT2D eigenvalue weighted by molar-refractivity contribution is 0.0932. The topological polar surface area (TPSA) is 54.5 Å². The quantitative estimate of drug-likeness (QED) is 0.832. The number of carbonyl (C=O) groups is 1. The number of nitrogens with zero attached hydrogens (tertiary/aromatic N) is 2. The van der Waals surface area contributed by atoms with Gasteiger partial charge in [-0.25, -0.2) is 0 Å². The molecule has 0 bridgehead atoms. The van der Waals surface area contributed by atoms with E-state index in [0.717, 1.165) is 18.8 Å². The molecule has 1 fully saturated rings. The lowest BCUT2D eigenvalue weighted by Gasteiger charge is -2.32. The fourth-order valence-corrected chi connectivity index (χ4v) is 2.52.